The van der Waals surface area contributed by atoms with Gasteiger partial charge in [0.25, 0.3) is 5.82 Å². The molecule has 0 spiro atoms. The monoisotopic (exact) mass is 504 g/mol. The first kappa shape index (κ1) is 24.4. The Bertz CT molecular complexity index is 1390. The zero-order valence-corrected chi connectivity index (χ0v) is 21.7. The molecule has 2 N–H and O–H groups in total. The molecule has 2 aliphatic rings. The SMILES string of the molecule is CC(Nc1nccc([N+]2(NCC3CCN(Cc4ccccc4)C3)C=Nc3ccccc32)n1)c1ccccc1. The number of likely N-dealkylation sites (tertiary alicyclic amines) is 1. The van der Waals surface area contributed by atoms with Gasteiger partial charge in [-0.05, 0) is 43.0 Å². The molecule has 3 heterocycles. The van der Waals surface area contributed by atoms with Crippen molar-refractivity contribution in [2.45, 2.75) is 25.9 Å². The highest BCUT2D eigenvalue weighted by Gasteiger charge is 2.42. The van der Waals surface area contributed by atoms with Crippen LogP contribution in [0.25, 0.3) is 0 Å². The third-order valence-electron chi connectivity index (χ3n) is 7.53. The number of anilines is 1. The van der Waals surface area contributed by atoms with Crippen molar-refractivity contribution in [3.63, 3.8) is 0 Å². The number of rotatable bonds is 9. The van der Waals surface area contributed by atoms with Gasteiger partial charge in [0.2, 0.25) is 12.3 Å². The van der Waals surface area contributed by atoms with E-state index >= 15 is 0 Å². The van der Waals surface area contributed by atoms with Gasteiger partial charge in [0.15, 0.2) is 5.69 Å². The summed E-state index contributed by atoms with van der Waals surface area (Å²) in [6.45, 7) is 6.18. The van der Waals surface area contributed by atoms with Crippen LogP contribution in [0.3, 0.4) is 0 Å². The van der Waals surface area contributed by atoms with Gasteiger partial charge in [0.1, 0.15) is 5.69 Å². The topological polar surface area (TPSA) is 65.4 Å². The fourth-order valence-electron chi connectivity index (χ4n) is 5.44. The molecule has 7 nitrogen and oxygen atoms in total. The van der Waals surface area contributed by atoms with E-state index in [1.165, 1.54) is 17.5 Å². The molecule has 0 bridgehead atoms. The Morgan fingerprint density at radius 2 is 1.71 bits per heavy atom. The molecule has 4 aromatic rings. The summed E-state index contributed by atoms with van der Waals surface area (Å²) in [4.78, 5) is 16.9. The maximum atomic E-state index is 4.99. The fourth-order valence-corrected chi connectivity index (χ4v) is 5.44. The summed E-state index contributed by atoms with van der Waals surface area (Å²) in [5.74, 6) is 1.99. The number of hydrogen-bond donors (Lipinski definition) is 2. The number of para-hydroxylation sites is 2. The van der Waals surface area contributed by atoms with E-state index in [0.29, 0.717) is 11.9 Å². The lowest BCUT2D eigenvalue weighted by atomic mass is 10.1. The highest BCUT2D eigenvalue weighted by Crippen LogP contribution is 2.42. The number of quaternary nitrogens is 1. The Kier molecular flexibility index (Phi) is 6.96. The molecule has 0 aliphatic carbocycles. The highest BCUT2D eigenvalue weighted by atomic mass is 15.7. The summed E-state index contributed by atoms with van der Waals surface area (Å²) >= 11 is 0. The van der Waals surface area contributed by atoms with Gasteiger partial charge in [-0.25, -0.2) is 4.98 Å². The largest absolute Gasteiger partial charge is 0.348 e. The van der Waals surface area contributed by atoms with Gasteiger partial charge in [-0.2, -0.15) is 9.98 Å². The van der Waals surface area contributed by atoms with Crippen LogP contribution < -0.4 is 15.3 Å². The summed E-state index contributed by atoms with van der Waals surface area (Å²) in [7, 11) is 0. The van der Waals surface area contributed by atoms with Crippen LogP contribution in [0.4, 0.5) is 23.1 Å². The molecular formula is C31H34N7+. The van der Waals surface area contributed by atoms with Gasteiger partial charge >= 0.3 is 0 Å². The maximum Gasteiger partial charge on any atom is 0.263 e. The smallest absolute Gasteiger partial charge is 0.263 e. The average Bonchev–Trinajstić information content (AvgIpc) is 3.58. The molecule has 0 amide bonds. The number of aromatic nitrogens is 2. The second kappa shape index (κ2) is 10.8. The van der Waals surface area contributed by atoms with Crippen molar-refractivity contribution in [2.75, 3.05) is 25.0 Å². The van der Waals surface area contributed by atoms with Gasteiger partial charge < -0.3 is 5.32 Å². The number of hydrogen-bond acceptors (Lipinski definition) is 6. The van der Waals surface area contributed by atoms with E-state index in [1.807, 2.05) is 30.7 Å². The molecule has 1 aromatic heterocycles. The van der Waals surface area contributed by atoms with E-state index in [0.717, 1.165) is 43.4 Å². The number of aliphatic imine (C=N–C) groups is 1. The first-order valence-corrected chi connectivity index (χ1v) is 13.4. The van der Waals surface area contributed by atoms with Gasteiger partial charge in [-0.1, -0.05) is 72.8 Å². The van der Waals surface area contributed by atoms with Crippen LogP contribution in [0.5, 0.6) is 0 Å². The third kappa shape index (κ3) is 5.09. The fraction of sp³-hybridized carbons (Fsp3) is 0.258. The first-order chi connectivity index (χ1) is 18.7. The van der Waals surface area contributed by atoms with E-state index in [4.69, 9.17) is 9.98 Å². The lowest BCUT2D eigenvalue weighted by molar-refractivity contribution is 0.301. The second-order valence-corrected chi connectivity index (χ2v) is 10.2. The minimum atomic E-state index is 0.0847. The molecule has 1 fully saturated rings. The molecule has 0 radical (unpaired) electrons. The van der Waals surface area contributed by atoms with Crippen molar-refractivity contribution in [1.82, 2.24) is 24.9 Å². The zero-order valence-electron chi connectivity index (χ0n) is 21.7. The van der Waals surface area contributed by atoms with Crippen LogP contribution in [-0.4, -0.2) is 40.8 Å². The molecule has 7 heteroatoms. The van der Waals surface area contributed by atoms with Crippen LogP contribution in [0.2, 0.25) is 0 Å². The lowest BCUT2D eigenvalue weighted by Gasteiger charge is -2.30. The number of nitrogens with zero attached hydrogens (tertiary/aromatic N) is 5. The van der Waals surface area contributed by atoms with Crippen molar-refractivity contribution >= 4 is 29.5 Å². The number of benzene rings is 3. The minimum absolute atomic E-state index is 0.0847. The van der Waals surface area contributed by atoms with Crippen molar-refractivity contribution in [3.05, 3.63) is 108 Å². The van der Waals surface area contributed by atoms with Crippen LogP contribution in [0.15, 0.2) is 102 Å². The van der Waals surface area contributed by atoms with E-state index in [-0.39, 0.29) is 10.6 Å². The standard InChI is InChI=1S/C31H34N7/c1-24(27-12-6-3-7-13-27)35-31-32-18-16-30(36-31)38(23-33-28-14-8-9-15-29(28)38)34-20-26-17-19-37(22-26)21-25-10-4-2-5-11-25/h2-16,18,23-24,26,34H,17,19-22H2,1H3,(H,32,35,36)/q+1. The van der Waals surface area contributed by atoms with Crippen molar-refractivity contribution in [3.8, 4) is 0 Å². The second-order valence-electron chi connectivity index (χ2n) is 10.2. The van der Waals surface area contributed by atoms with Crippen molar-refractivity contribution < 1.29 is 0 Å². The summed E-state index contributed by atoms with van der Waals surface area (Å²) in [5, 5.41) is 3.48. The average molecular weight is 505 g/mol. The highest BCUT2D eigenvalue weighted by molar-refractivity contribution is 5.93. The molecule has 6 rings (SSSR count). The molecular weight excluding hydrogens is 470 g/mol. The Hall–Kier alpha value is -3.91. The number of fused-ring (bicyclic) bond motifs is 1. The van der Waals surface area contributed by atoms with E-state index in [1.54, 1.807) is 0 Å². The Labute approximate surface area is 224 Å². The van der Waals surface area contributed by atoms with Crippen molar-refractivity contribution in [1.29, 1.82) is 0 Å². The predicted molar refractivity (Wildman–Crippen MR) is 154 cm³/mol. The molecule has 192 valence electrons. The van der Waals surface area contributed by atoms with E-state index in [9.17, 15) is 0 Å². The molecule has 1 saturated heterocycles. The summed E-state index contributed by atoms with van der Waals surface area (Å²) in [6.07, 6.45) is 4.97. The van der Waals surface area contributed by atoms with Crippen LogP contribution in [0.1, 0.15) is 30.5 Å². The zero-order chi connectivity index (χ0) is 25.8. The van der Waals surface area contributed by atoms with Crippen LogP contribution >= 0.6 is 0 Å². The van der Waals surface area contributed by atoms with Gasteiger partial charge in [-0.3, -0.25) is 4.90 Å². The molecule has 0 saturated carbocycles. The summed E-state index contributed by atoms with van der Waals surface area (Å²) in [6, 6.07) is 31.5. The Morgan fingerprint density at radius 1 is 0.947 bits per heavy atom. The van der Waals surface area contributed by atoms with Gasteiger partial charge in [-0.15, -0.1) is 10.0 Å². The van der Waals surface area contributed by atoms with E-state index < -0.39 is 0 Å². The van der Waals surface area contributed by atoms with Crippen LogP contribution in [0, 0.1) is 5.92 Å². The molecule has 2 aliphatic heterocycles. The lowest BCUT2D eigenvalue weighted by Crippen LogP contribution is -2.55. The van der Waals surface area contributed by atoms with E-state index in [2.05, 4.69) is 100 Å². The van der Waals surface area contributed by atoms with Crippen LogP contribution in [-0.2, 0) is 6.54 Å². The Morgan fingerprint density at radius 3 is 2.55 bits per heavy atom. The maximum absolute atomic E-state index is 4.99. The number of nitrogens with one attached hydrogen (secondary N) is 2. The first-order valence-electron chi connectivity index (χ1n) is 13.4. The summed E-state index contributed by atoms with van der Waals surface area (Å²) < 4.78 is 0.280. The quantitative estimate of drug-likeness (QED) is 0.274. The normalized spacial score (nSPS) is 21.3. The Balaban J connectivity index is 1.21. The van der Waals surface area contributed by atoms with Gasteiger partial charge in [0.05, 0.1) is 12.6 Å². The summed E-state index contributed by atoms with van der Waals surface area (Å²) in [5.41, 5.74) is 8.45. The molecule has 3 aromatic carbocycles. The molecule has 3 atom stereocenters. The predicted octanol–water partition coefficient (Wildman–Crippen LogP) is 5.99. The molecule has 3 unspecified atom stereocenters. The van der Waals surface area contributed by atoms with Crippen molar-refractivity contribution in [2.24, 2.45) is 10.9 Å². The third-order valence-corrected chi connectivity index (χ3v) is 7.53. The molecule has 38 heavy (non-hydrogen) atoms. The van der Waals surface area contributed by atoms with Gasteiger partial charge in [0, 0.05) is 31.4 Å². The minimum Gasteiger partial charge on any atom is -0.348 e.